The number of ether oxygens (including phenoxy) is 2. The summed E-state index contributed by atoms with van der Waals surface area (Å²) in [5.74, 6) is 2.59. The lowest BCUT2D eigenvalue weighted by Gasteiger charge is -2.36. The molecule has 5 rings (SSSR count). The van der Waals surface area contributed by atoms with Crippen LogP contribution in [-0.2, 0) is 4.79 Å². The Morgan fingerprint density at radius 3 is 2.55 bits per heavy atom. The molecule has 1 aromatic carbocycles. The van der Waals surface area contributed by atoms with Gasteiger partial charge in [0.1, 0.15) is 0 Å². The quantitative estimate of drug-likeness (QED) is 0.746. The van der Waals surface area contributed by atoms with Gasteiger partial charge in [-0.3, -0.25) is 9.69 Å². The maximum atomic E-state index is 13.0. The summed E-state index contributed by atoms with van der Waals surface area (Å²) >= 11 is 0. The van der Waals surface area contributed by atoms with Crippen LogP contribution in [0.5, 0.6) is 11.5 Å². The van der Waals surface area contributed by atoms with Gasteiger partial charge in [-0.05, 0) is 43.1 Å². The van der Waals surface area contributed by atoms with Crippen LogP contribution < -0.4 is 14.4 Å². The highest BCUT2D eigenvalue weighted by Crippen LogP contribution is 2.37. The SMILES string of the molecule is O=C(CN1CCCC1c1ccc2c(c1)OCCCO2)N1CCN(c2ncccn2)CC1. The summed E-state index contributed by atoms with van der Waals surface area (Å²) in [6, 6.07) is 8.31. The van der Waals surface area contributed by atoms with Gasteiger partial charge in [-0.15, -0.1) is 0 Å². The van der Waals surface area contributed by atoms with Gasteiger partial charge in [-0.1, -0.05) is 6.07 Å². The van der Waals surface area contributed by atoms with E-state index in [1.54, 1.807) is 12.4 Å². The lowest BCUT2D eigenvalue weighted by atomic mass is 10.0. The third-order valence-corrected chi connectivity index (χ3v) is 6.33. The van der Waals surface area contributed by atoms with Crippen LogP contribution >= 0.6 is 0 Å². The second-order valence-corrected chi connectivity index (χ2v) is 8.30. The Kier molecular flexibility index (Phi) is 5.88. The summed E-state index contributed by atoms with van der Waals surface area (Å²) < 4.78 is 11.6. The van der Waals surface area contributed by atoms with Crippen molar-refractivity contribution in [2.75, 3.05) is 57.4 Å². The van der Waals surface area contributed by atoms with Crippen LogP contribution in [-0.4, -0.2) is 78.2 Å². The third kappa shape index (κ3) is 4.44. The van der Waals surface area contributed by atoms with Gasteiger partial charge >= 0.3 is 0 Å². The van der Waals surface area contributed by atoms with Crippen molar-refractivity contribution in [3.05, 3.63) is 42.2 Å². The molecule has 8 heteroatoms. The van der Waals surface area contributed by atoms with Crippen molar-refractivity contribution in [1.29, 1.82) is 0 Å². The molecule has 1 unspecified atom stereocenters. The van der Waals surface area contributed by atoms with Crippen molar-refractivity contribution in [2.45, 2.75) is 25.3 Å². The van der Waals surface area contributed by atoms with E-state index >= 15 is 0 Å². The molecule has 1 aromatic heterocycles. The fraction of sp³-hybridized carbons (Fsp3) is 0.522. The molecule has 0 aliphatic carbocycles. The Bertz CT molecular complexity index is 901. The number of carbonyl (C=O) groups is 1. The monoisotopic (exact) mass is 423 g/mol. The lowest BCUT2D eigenvalue weighted by molar-refractivity contribution is -0.133. The molecule has 31 heavy (non-hydrogen) atoms. The second-order valence-electron chi connectivity index (χ2n) is 8.30. The van der Waals surface area contributed by atoms with Crippen molar-refractivity contribution in [2.24, 2.45) is 0 Å². The molecule has 2 saturated heterocycles. The zero-order chi connectivity index (χ0) is 21.0. The summed E-state index contributed by atoms with van der Waals surface area (Å²) in [7, 11) is 0. The second kappa shape index (κ2) is 9.09. The van der Waals surface area contributed by atoms with Crippen LogP contribution in [0.25, 0.3) is 0 Å². The maximum Gasteiger partial charge on any atom is 0.236 e. The Morgan fingerprint density at radius 2 is 1.74 bits per heavy atom. The number of hydrogen-bond donors (Lipinski definition) is 0. The normalized spacial score (nSPS) is 21.7. The average molecular weight is 424 g/mol. The van der Waals surface area contributed by atoms with Gasteiger partial charge in [0.25, 0.3) is 0 Å². The molecule has 0 spiro atoms. The Morgan fingerprint density at radius 1 is 0.968 bits per heavy atom. The average Bonchev–Trinajstić information content (AvgIpc) is 3.15. The van der Waals surface area contributed by atoms with E-state index in [9.17, 15) is 4.79 Å². The van der Waals surface area contributed by atoms with Gasteiger partial charge in [-0.25, -0.2) is 9.97 Å². The van der Waals surface area contributed by atoms with E-state index in [1.807, 2.05) is 17.0 Å². The molecule has 2 fully saturated rings. The molecular weight excluding hydrogens is 394 g/mol. The van der Waals surface area contributed by atoms with Crippen LogP contribution in [0.1, 0.15) is 30.9 Å². The van der Waals surface area contributed by atoms with Gasteiger partial charge < -0.3 is 19.3 Å². The number of carbonyl (C=O) groups excluding carboxylic acids is 1. The smallest absolute Gasteiger partial charge is 0.236 e. The fourth-order valence-corrected chi connectivity index (χ4v) is 4.66. The van der Waals surface area contributed by atoms with Gasteiger partial charge in [0.05, 0.1) is 19.8 Å². The predicted molar refractivity (Wildman–Crippen MR) is 116 cm³/mol. The number of nitrogens with zero attached hydrogens (tertiary/aromatic N) is 5. The number of fused-ring (bicyclic) bond motifs is 1. The highest BCUT2D eigenvalue weighted by atomic mass is 16.5. The number of piperazine rings is 1. The summed E-state index contributed by atoms with van der Waals surface area (Å²) in [5, 5.41) is 0. The fourth-order valence-electron chi connectivity index (χ4n) is 4.66. The molecule has 164 valence electrons. The largest absolute Gasteiger partial charge is 0.490 e. The van der Waals surface area contributed by atoms with Crippen LogP contribution in [0.2, 0.25) is 0 Å². The van der Waals surface area contributed by atoms with Crippen LogP contribution in [0, 0.1) is 0 Å². The van der Waals surface area contributed by atoms with Crippen molar-refractivity contribution in [3.8, 4) is 11.5 Å². The number of rotatable bonds is 4. The van der Waals surface area contributed by atoms with E-state index in [1.165, 1.54) is 5.56 Å². The standard InChI is InChI=1S/C23H29N5O3/c29-22(26-10-12-27(13-11-26)23-24-7-2-8-25-23)17-28-9-1-4-19(28)18-5-6-20-21(16-18)31-15-3-14-30-20/h2,5-8,16,19H,1,3-4,9-15,17H2. The maximum absolute atomic E-state index is 13.0. The van der Waals surface area contributed by atoms with Crippen molar-refractivity contribution >= 4 is 11.9 Å². The zero-order valence-electron chi connectivity index (χ0n) is 17.8. The molecule has 0 saturated carbocycles. The van der Waals surface area contributed by atoms with Gasteiger partial charge in [0.15, 0.2) is 11.5 Å². The minimum atomic E-state index is 0.204. The van der Waals surface area contributed by atoms with E-state index in [0.29, 0.717) is 32.8 Å². The van der Waals surface area contributed by atoms with Crippen LogP contribution in [0.3, 0.4) is 0 Å². The number of hydrogen-bond acceptors (Lipinski definition) is 7. The molecule has 0 N–H and O–H groups in total. The highest BCUT2D eigenvalue weighted by Gasteiger charge is 2.31. The summed E-state index contributed by atoms with van der Waals surface area (Å²) in [4.78, 5) is 28.1. The first-order valence-corrected chi connectivity index (χ1v) is 11.2. The number of likely N-dealkylation sites (tertiary alicyclic amines) is 1. The van der Waals surface area contributed by atoms with E-state index in [0.717, 1.165) is 56.3 Å². The first-order valence-electron chi connectivity index (χ1n) is 11.2. The molecule has 2 aromatic rings. The van der Waals surface area contributed by atoms with Crippen molar-refractivity contribution in [1.82, 2.24) is 19.8 Å². The van der Waals surface area contributed by atoms with Gasteiger partial charge in [0.2, 0.25) is 11.9 Å². The van der Waals surface area contributed by atoms with Crippen LogP contribution in [0.15, 0.2) is 36.7 Å². The number of anilines is 1. The first-order chi connectivity index (χ1) is 15.3. The Balaban J connectivity index is 1.20. The molecule has 3 aliphatic rings. The van der Waals surface area contributed by atoms with Gasteiger partial charge in [0, 0.05) is 51.0 Å². The predicted octanol–water partition coefficient (Wildman–Crippen LogP) is 2.12. The molecule has 1 amide bonds. The Labute approximate surface area is 182 Å². The third-order valence-electron chi connectivity index (χ3n) is 6.33. The Hall–Kier alpha value is -2.87. The minimum Gasteiger partial charge on any atom is -0.490 e. The molecule has 0 radical (unpaired) electrons. The molecule has 4 heterocycles. The van der Waals surface area contributed by atoms with E-state index in [2.05, 4.69) is 31.9 Å². The topological polar surface area (TPSA) is 71.0 Å². The van der Waals surface area contributed by atoms with Crippen molar-refractivity contribution in [3.63, 3.8) is 0 Å². The van der Waals surface area contributed by atoms with E-state index in [-0.39, 0.29) is 11.9 Å². The summed E-state index contributed by atoms with van der Waals surface area (Å²) in [6.45, 7) is 5.73. The highest BCUT2D eigenvalue weighted by molar-refractivity contribution is 5.78. The summed E-state index contributed by atoms with van der Waals surface area (Å²) in [6.07, 6.45) is 6.58. The molecule has 1 atom stereocenters. The molecular formula is C23H29N5O3. The summed E-state index contributed by atoms with van der Waals surface area (Å²) in [5.41, 5.74) is 1.21. The number of benzene rings is 1. The van der Waals surface area contributed by atoms with Crippen molar-refractivity contribution < 1.29 is 14.3 Å². The van der Waals surface area contributed by atoms with E-state index in [4.69, 9.17) is 9.47 Å². The van der Waals surface area contributed by atoms with Gasteiger partial charge in [-0.2, -0.15) is 0 Å². The molecule has 8 nitrogen and oxygen atoms in total. The number of aromatic nitrogens is 2. The minimum absolute atomic E-state index is 0.204. The lowest BCUT2D eigenvalue weighted by Crippen LogP contribution is -2.51. The molecule has 0 bridgehead atoms. The van der Waals surface area contributed by atoms with Crippen LogP contribution in [0.4, 0.5) is 5.95 Å². The molecule has 3 aliphatic heterocycles. The number of amides is 1. The van der Waals surface area contributed by atoms with E-state index < -0.39 is 0 Å². The zero-order valence-corrected chi connectivity index (χ0v) is 17.8. The first kappa shape index (κ1) is 20.1.